The van der Waals surface area contributed by atoms with E-state index in [1.807, 2.05) is 12.1 Å². The Morgan fingerprint density at radius 2 is 1.76 bits per heavy atom. The minimum absolute atomic E-state index is 0.0372. The van der Waals surface area contributed by atoms with Crippen LogP contribution < -0.4 is 10.5 Å². The van der Waals surface area contributed by atoms with Gasteiger partial charge in [-0.2, -0.15) is 0 Å². The Balaban J connectivity index is 2.49. The summed E-state index contributed by atoms with van der Waals surface area (Å²) in [5.74, 6) is 0.153. The molecular formula is C13H11ClFNO. The summed E-state index contributed by atoms with van der Waals surface area (Å²) in [5, 5.41) is 0.0372. The van der Waals surface area contributed by atoms with Crippen molar-refractivity contribution in [2.75, 3.05) is 12.8 Å². The molecule has 2 N–H and O–H groups in total. The molecule has 0 bridgehead atoms. The molecule has 0 atom stereocenters. The second-order valence-electron chi connectivity index (χ2n) is 3.56. The number of methoxy groups -OCH3 is 1. The number of ether oxygens (including phenoxy) is 1. The number of benzene rings is 2. The molecule has 0 aliphatic heterocycles. The number of rotatable bonds is 2. The molecule has 17 heavy (non-hydrogen) atoms. The molecule has 0 amide bonds. The van der Waals surface area contributed by atoms with Crippen LogP contribution in [0.3, 0.4) is 0 Å². The summed E-state index contributed by atoms with van der Waals surface area (Å²) in [6.45, 7) is 0. The normalized spacial score (nSPS) is 10.3. The molecule has 0 spiro atoms. The van der Waals surface area contributed by atoms with Crippen molar-refractivity contribution in [2.24, 2.45) is 0 Å². The van der Waals surface area contributed by atoms with Crippen LogP contribution in [0.5, 0.6) is 5.75 Å². The van der Waals surface area contributed by atoms with E-state index in [-0.39, 0.29) is 10.7 Å². The van der Waals surface area contributed by atoms with Gasteiger partial charge < -0.3 is 10.5 Å². The Labute approximate surface area is 104 Å². The smallest absolute Gasteiger partial charge is 0.165 e. The fourth-order valence-electron chi connectivity index (χ4n) is 1.56. The van der Waals surface area contributed by atoms with E-state index < -0.39 is 5.82 Å². The van der Waals surface area contributed by atoms with E-state index in [1.165, 1.54) is 6.07 Å². The molecular weight excluding hydrogens is 241 g/mol. The lowest BCUT2D eigenvalue weighted by atomic mass is 10.0. The van der Waals surface area contributed by atoms with Gasteiger partial charge in [-0.05, 0) is 23.8 Å². The highest BCUT2D eigenvalue weighted by Gasteiger charge is 2.11. The lowest BCUT2D eigenvalue weighted by Crippen LogP contribution is -1.93. The predicted molar refractivity (Wildman–Crippen MR) is 67.8 cm³/mol. The molecule has 2 aromatic rings. The van der Waals surface area contributed by atoms with Gasteiger partial charge in [-0.3, -0.25) is 0 Å². The van der Waals surface area contributed by atoms with Gasteiger partial charge >= 0.3 is 0 Å². The van der Waals surface area contributed by atoms with E-state index in [9.17, 15) is 4.39 Å². The van der Waals surface area contributed by atoms with E-state index in [0.717, 1.165) is 11.3 Å². The molecule has 88 valence electrons. The maximum atomic E-state index is 13.5. The van der Waals surface area contributed by atoms with Crippen LogP contribution in [0.4, 0.5) is 10.1 Å². The fraction of sp³-hybridized carbons (Fsp3) is 0.0769. The molecule has 0 saturated heterocycles. The molecule has 0 fully saturated rings. The van der Waals surface area contributed by atoms with Gasteiger partial charge in [0.2, 0.25) is 0 Å². The van der Waals surface area contributed by atoms with Crippen molar-refractivity contribution in [1.82, 2.24) is 0 Å². The first-order valence-electron chi connectivity index (χ1n) is 5.01. The largest absolute Gasteiger partial charge is 0.497 e. The van der Waals surface area contributed by atoms with Gasteiger partial charge in [0.15, 0.2) is 5.82 Å². The Morgan fingerprint density at radius 1 is 1.12 bits per heavy atom. The topological polar surface area (TPSA) is 35.2 Å². The second kappa shape index (κ2) is 4.63. The minimum atomic E-state index is -0.583. The van der Waals surface area contributed by atoms with Gasteiger partial charge in [0, 0.05) is 5.56 Å². The zero-order valence-corrected chi connectivity index (χ0v) is 9.96. The zero-order valence-electron chi connectivity index (χ0n) is 9.21. The van der Waals surface area contributed by atoms with Crippen LogP contribution in [0.1, 0.15) is 0 Å². The Kier molecular flexibility index (Phi) is 3.20. The van der Waals surface area contributed by atoms with Crippen molar-refractivity contribution in [2.45, 2.75) is 0 Å². The molecule has 4 heteroatoms. The lowest BCUT2D eigenvalue weighted by molar-refractivity contribution is 0.415. The van der Waals surface area contributed by atoms with Gasteiger partial charge in [-0.25, -0.2) is 4.39 Å². The van der Waals surface area contributed by atoms with Crippen molar-refractivity contribution >= 4 is 17.3 Å². The summed E-state index contributed by atoms with van der Waals surface area (Å²) in [7, 11) is 1.59. The summed E-state index contributed by atoms with van der Waals surface area (Å²) in [6.07, 6.45) is 0. The van der Waals surface area contributed by atoms with Crippen LogP contribution in [0, 0.1) is 5.82 Å². The number of nitrogen functional groups attached to an aromatic ring is 1. The molecule has 0 aliphatic rings. The van der Waals surface area contributed by atoms with Crippen molar-refractivity contribution < 1.29 is 9.13 Å². The summed E-state index contributed by atoms with van der Waals surface area (Å²) in [4.78, 5) is 0. The van der Waals surface area contributed by atoms with E-state index >= 15 is 0 Å². The highest BCUT2D eigenvalue weighted by molar-refractivity contribution is 6.33. The minimum Gasteiger partial charge on any atom is -0.497 e. The third-order valence-electron chi connectivity index (χ3n) is 2.51. The van der Waals surface area contributed by atoms with Crippen LogP contribution in [-0.2, 0) is 0 Å². The average Bonchev–Trinajstić information content (AvgIpc) is 2.36. The van der Waals surface area contributed by atoms with E-state index in [4.69, 9.17) is 22.1 Å². The maximum Gasteiger partial charge on any atom is 0.165 e. The van der Waals surface area contributed by atoms with Crippen LogP contribution >= 0.6 is 11.6 Å². The summed E-state index contributed by atoms with van der Waals surface area (Å²) in [6, 6.07) is 10.4. The second-order valence-corrected chi connectivity index (χ2v) is 3.94. The van der Waals surface area contributed by atoms with Crippen molar-refractivity contribution in [3.63, 3.8) is 0 Å². The molecule has 0 aromatic heterocycles. The lowest BCUT2D eigenvalue weighted by Gasteiger charge is -2.08. The molecule has 0 saturated carbocycles. The first-order valence-corrected chi connectivity index (χ1v) is 5.39. The molecule has 0 aliphatic carbocycles. The highest BCUT2D eigenvalue weighted by Crippen LogP contribution is 2.33. The summed E-state index contributed by atoms with van der Waals surface area (Å²) < 4.78 is 18.6. The van der Waals surface area contributed by atoms with Crippen molar-refractivity contribution in [3.8, 4) is 16.9 Å². The quantitative estimate of drug-likeness (QED) is 0.826. The molecule has 2 nitrogen and oxygen atoms in total. The molecule has 0 heterocycles. The Morgan fingerprint density at radius 3 is 2.35 bits per heavy atom. The Bertz CT molecular complexity index is 540. The number of hydrogen-bond acceptors (Lipinski definition) is 2. The van der Waals surface area contributed by atoms with E-state index in [2.05, 4.69) is 0 Å². The first kappa shape index (κ1) is 11.7. The van der Waals surface area contributed by atoms with Gasteiger partial charge in [0.25, 0.3) is 0 Å². The fourth-order valence-corrected chi connectivity index (χ4v) is 1.84. The van der Waals surface area contributed by atoms with Crippen molar-refractivity contribution in [1.29, 1.82) is 0 Å². The van der Waals surface area contributed by atoms with Crippen LogP contribution in [0.15, 0.2) is 36.4 Å². The number of halogens is 2. The number of nitrogens with two attached hydrogens (primary N) is 1. The average molecular weight is 252 g/mol. The third-order valence-corrected chi connectivity index (χ3v) is 2.88. The van der Waals surface area contributed by atoms with Crippen LogP contribution in [0.25, 0.3) is 11.1 Å². The third kappa shape index (κ3) is 2.19. The van der Waals surface area contributed by atoms with Gasteiger partial charge in [-0.1, -0.05) is 29.8 Å². The van der Waals surface area contributed by atoms with Crippen LogP contribution in [-0.4, -0.2) is 7.11 Å². The van der Waals surface area contributed by atoms with E-state index in [1.54, 1.807) is 25.3 Å². The van der Waals surface area contributed by atoms with Gasteiger partial charge in [0.05, 0.1) is 17.8 Å². The first-order chi connectivity index (χ1) is 8.13. The molecule has 2 rings (SSSR count). The van der Waals surface area contributed by atoms with Crippen molar-refractivity contribution in [3.05, 3.63) is 47.2 Å². The highest BCUT2D eigenvalue weighted by atomic mass is 35.5. The SMILES string of the molecule is COc1ccc(-c2ccc(N)c(F)c2Cl)cc1. The molecule has 0 unspecified atom stereocenters. The van der Waals surface area contributed by atoms with E-state index in [0.29, 0.717) is 5.56 Å². The Hall–Kier alpha value is -1.74. The maximum absolute atomic E-state index is 13.5. The van der Waals surface area contributed by atoms with Gasteiger partial charge in [-0.15, -0.1) is 0 Å². The standard InChI is InChI=1S/C13H11ClFNO/c1-17-9-4-2-8(3-5-9)10-6-7-11(16)13(15)12(10)14/h2-7H,16H2,1H3. The molecule has 2 aromatic carbocycles. The van der Waals surface area contributed by atoms with Crippen LogP contribution in [0.2, 0.25) is 5.02 Å². The summed E-state index contributed by atoms with van der Waals surface area (Å²) in [5.41, 5.74) is 6.91. The summed E-state index contributed by atoms with van der Waals surface area (Å²) >= 11 is 5.92. The molecule has 0 radical (unpaired) electrons. The number of anilines is 1. The zero-order chi connectivity index (χ0) is 12.4. The van der Waals surface area contributed by atoms with Gasteiger partial charge in [0.1, 0.15) is 5.75 Å². The monoisotopic (exact) mass is 251 g/mol. The number of hydrogen-bond donors (Lipinski definition) is 1. The predicted octanol–water partition coefficient (Wildman–Crippen LogP) is 3.74.